The van der Waals surface area contributed by atoms with Gasteiger partial charge in [-0.1, -0.05) is 201 Å². The van der Waals surface area contributed by atoms with Gasteiger partial charge < -0.3 is 0 Å². The lowest BCUT2D eigenvalue weighted by Crippen LogP contribution is -2.14. The molecule has 0 saturated heterocycles. The Hall–Kier alpha value is 5.16. The summed E-state index contributed by atoms with van der Waals surface area (Å²) in [5, 5.41) is 0. The summed E-state index contributed by atoms with van der Waals surface area (Å²) in [4.78, 5) is 0. The van der Waals surface area contributed by atoms with Crippen molar-refractivity contribution in [1.29, 1.82) is 0 Å². The van der Waals surface area contributed by atoms with Gasteiger partial charge in [0.2, 0.25) is 0 Å². The Morgan fingerprint density at radius 2 is 0.409 bits per heavy atom. The van der Waals surface area contributed by atoms with Gasteiger partial charge in [-0.3, -0.25) is 0 Å². The van der Waals surface area contributed by atoms with Crippen molar-refractivity contribution in [1.82, 2.24) is 0 Å². The van der Waals surface area contributed by atoms with Gasteiger partial charge in [-0.15, -0.1) is 71.4 Å². The highest BCUT2D eigenvalue weighted by atomic mass is 32.4. The standard InChI is InChI=1S/C8H16.2C6H12.6C2H6.H5P3.3H4P2.3H3P/c1-8(2)6-4-3-5-7-8;2*1-2-4-6-5-3-1;6*1-2;1-3-2;3*1-2;;;/h3-7H2,1-2H3;2*1-6H2;6*1-2H3;3H,1-2H2;3*1-2H2;3*1H3. The van der Waals surface area contributed by atoms with Gasteiger partial charge in [-0.25, -0.2) is 0 Å². The molecule has 11 atom stereocenters. The molecular formula is C32H102P12. The van der Waals surface area contributed by atoms with Crippen LogP contribution in [0.2, 0.25) is 0 Å². The van der Waals surface area contributed by atoms with E-state index in [2.05, 4.69) is 85.3 Å². The predicted molar refractivity (Wildman–Crippen MR) is 280 cm³/mol. The SMILES string of the molecule is C1CCCCC1.C1CCCCC1.CC.CC.CC.CC.CC.CC.CC1(C)CCCCC1.P.P.P.PP.PP.PP.PPP. The van der Waals surface area contributed by atoms with Crippen LogP contribution >= 0.6 is 109 Å². The summed E-state index contributed by atoms with van der Waals surface area (Å²) in [7, 11) is 20.1. The van der Waals surface area contributed by atoms with Gasteiger partial charge in [0.05, 0.1) is 0 Å². The van der Waals surface area contributed by atoms with E-state index in [4.69, 9.17) is 0 Å². The maximum absolute atomic E-state index is 2.57. The lowest BCUT2D eigenvalue weighted by Gasteiger charge is -2.28. The average Bonchev–Trinajstić information content (AvgIpc) is 3.12. The summed E-state index contributed by atoms with van der Waals surface area (Å²) in [6.07, 6.45) is 25.3. The summed E-state index contributed by atoms with van der Waals surface area (Å²) < 4.78 is 0. The molecule has 290 valence electrons. The zero-order chi connectivity index (χ0) is 35.2. The number of hydrogen-bond acceptors (Lipinski definition) is 0. The Morgan fingerprint density at radius 1 is 0.318 bits per heavy atom. The van der Waals surface area contributed by atoms with Crippen molar-refractivity contribution < 1.29 is 0 Å². The fraction of sp³-hybridized carbons (Fsp3) is 1.00. The van der Waals surface area contributed by atoms with Crippen molar-refractivity contribution in [3.8, 4) is 0 Å². The predicted octanol–water partition coefficient (Wildman–Crippen LogP) is 17.2. The lowest BCUT2D eigenvalue weighted by atomic mass is 9.78. The lowest BCUT2D eigenvalue weighted by molar-refractivity contribution is 0.244. The highest BCUT2D eigenvalue weighted by molar-refractivity contribution is 8.33. The molecule has 0 heterocycles. The number of hydrogen-bond donors (Lipinski definition) is 0. The largest absolute Gasteiger partial charge is 0.153 e. The third-order valence-corrected chi connectivity index (χ3v) is 5.21. The first-order valence-electron chi connectivity index (χ1n) is 17.3. The first-order chi connectivity index (χ1) is 20.1. The fourth-order valence-electron chi connectivity index (χ4n) is 3.63. The van der Waals surface area contributed by atoms with Gasteiger partial charge in [0.15, 0.2) is 0 Å². The van der Waals surface area contributed by atoms with Crippen LogP contribution in [-0.4, -0.2) is 0 Å². The van der Waals surface area contributed by atoms with Crippen molar-refractivity contribution in [3.05, 3.63) is 0 Å². The molecule has 3 aliphatic carbocycles. The summed E-state index contributed by atoms with van der Waals surface area (Å²) in [5.74, 6) is 0. The van der Waals surface area contributed by atoms with Gasteiger partial charge in [0.1, 0.15) is 0 Å². The van der Waals surface area contributed by atoms with Crippen LogP contribution in [0, 0.1) is 5.41 Å². The first-order valence-corrected chi connectivity index (χ1v) is 29.9. The minimum Gasteiger partial charge on any atom is -0.153 e. The summed E-state index contributed by atoms with van der Waals surface area (Å²) >= 11 is 0. The zero-order valence-electron chi connectivity index (χ0n) is 33.8. The molecule has 0 aromatic heterocycles. The van der Waals surface area contributed by atoms with E-state index >= 15 is 0 Å². The van der Waals surface area contributed by atoms with Crippen molar-refractivity contribution in [3.63, 3.8) is 0 Å². The van der Waals surface area contributed by atoms with Gasteiger partial charge in [0.25, 0.3) is 0 Å². The number of rotatable bonds is 0. The van der Waals surface area contributed by atoms with E-state index in [0.29, 0.717) is 5.41 Å². The van der Waals surface area contributed by atoms with Gasteiger partial charge in [-0.2, -0.15) is 29.7 Å². The molecule has 3 saturated carbocycles. The van der Waals surface area contributed by atoms with E-state index in [-0.39, 0.29) is 29.7 Å². The van der Waals surface area contributed by atoms with E-state index in [1.807, 2.05) is 83.1 Å². The van der Waals surface area contributed by atoms with Crippen molar-refractivity contribution in [2.24, 2.45) is 5.41 Å². The van der Waals surface area contributed by atoms with Gasteiger partial charge >= 0.3 is 0 Å². The molecule has 0 amide bonds. The highest BCUT2D eigenvalue weighted by Gasteiger charge is 2.19. The van der Waals surface area contributed by atoms with Crippen LogP contribution in [0.5, 0.6) is 0 Å². The molecule has 11 unspecified atom stereocenters. The molecule has 0 aliphatic heterocycles. The quantitative estimate of drug-likeness (QED) is 0.213. The van der Waals surface area contributed by atoms with Crippen LogP contribution in [-0.2, 0) is 0 Å². The summed E-state index contributed by atoms with van der Waals surface area (Å²) in [5.41, 5.74) is 0.679. The van der Waals surface area contributed by atoms with E-state index in [1.165, 1.54) is 109 Å². The average molecular weight is 859 g/mol. The molecular weight excluding hydrogens is 756 g/mol. The third kappa shape index (κ3) is 136. The third-order valence-electron chi connectivity index (χ3n) is 5.21. The van der Waals surface area contributed by atoms with Crippen LogP contribution in [0.1, 0.15) is 206 Å². The van der Waals surface area contributed by atoms with Crippen LogP contribution in [0.25, 0.3) is 0 Å². The van der Waals surface area contributed by atoms with E-state index < -0.39 is 0 Å². The Labute approximate surface area is 318 Å². The van der Waals surface area contributed by atoms with Crippen molar-refractivity contribution in [2.75, 3.05) is 0 Å². The topological polar surface area (TPSA) is 0 Å². The molecule has 0 N–H and O–H groups in total. The Bertz CT molecular complexity index is 202. The monoisotopic (exact) mass is 858 g/mol. The normalized spacial score (nSPS) is 13.2. The summed E-state index contributed by atoms with van der Waals surface area (Å²) in [6, 6.07) is 0. The molecule has 0 bridgehead atoms. The molecule has 3 fully saturated rings. The minimum atomic E-state index is 0. The molecule has 44 heavy (non-hydrogen) atoms. The molecule has 0 aromatic rings. The highest BCUT2D eigenvalue weighted by Crippen LogP contribution is 2.34. The van der Waals surface area contributed by atoms with Gasteiger partial charge in [0, 0.05) is 0 Å². The molecule has 12 heteroatoms. The Morgan fingerprint density at radius 3 is 0.477 bits per heavy atom. The van der Waals surface area contributed by atoms with E-state index in [9.17, 15) is 0 Å². The molecule has 0 radical (unpaired) electrons. The zero-order valence-corrected chi connectivity index (χ0v) is 48.2. The maximum atomic E-state index is 2.57. The van der Waals surface area contributed by atoms with Crippen LogP contribution in [0.4, 0.5) is 0 Å². The second-order valence-corrected chi connectivity index (χ2v) is 12.5. The van der Waals surface area contributed by atoms with Crippen LogP contribution in [0.3, 0.4) is 0 Å². The Kier molecular flexibility index (Phi) is 250. The maximum Gasteiger partial charge on any atom is -0.0354 e. The Balaban J connectivity index is -0.0000000226. The fourth-order valence-corrected chi connectivity index (χ4v) is 3.63. The first kappa shape index (κ1) is 87.2. The van der Waals surface area contributed by atoms with Crippen molar-refractivity contribution >= 4 is 109 Å². The van der Waals surface area contributed by atoms with Crippen molar-refractivity contribution in [2.45, 2.75) is 206 Å². The van der Waals surface area contributed by atoms with E-state index in [1.54, 1.807) is 0 Å². The molecule has 3 aliphatic rings. The second-order valence-electron chi connectivity index (χ2n) is 8.13. The molecule has 0 spiro atoms. The van der Waals surface area contributed by atoms with Gasteiger partial charge in [-0.05, 0) is 18.3 Å². The summed E-state index contributed by atoms with van der Waals surface area (Å²) in [6.45, 7) is 28.8. The smallest absolute Gasteiger partial charge is 0.0354 e. The molecule has 0 aromatic carbocycles. The van der Waals surface area contributed by atoms with Crippen LogP contribution < -0.4 is 0 Å². The molecule has 0 nitrogen and oxygen atoms in total. The minimum absolute atomic E-state index is 0. The molecule has 3 rings (SSSR count). The van der Waals surface area contributed by atoms with Crippen LogP contribution in [0.15, 0.2) is 0 Å². The second kappa shape index (κ2) is 126. The van der Waals surface area contributed by atoms with E-state index in [0.717, 1.165) is 7.96 Å².